The Bertz CT molecular complexity index is 928. The predicted octanol–water partition coefficient (Wildman–Crippen LogP) is 4.86. The number of rotatable bonds is 6. The molecule has 2 unspecified atom stereocenters. The number of hydrogen-bond acceptors (Lipinski definition) is 4. The Kier molecular flexibility index (Phi) is 4.83. The Hall–Kier alpha value is -3.21. The highest BCUT2D eigenvalue weighted by Crippen LogP contribution is 2.48. The molecule has 2 atom stereocenters. The number of pyridine rings is 1. The van der Waals surface area contributed by atoms with E-state index in [0.717, 1.165) is 17.5 Å². The normalized spacial score (nSPS) is 18.0. The first-order chi connectivity index (χ1) is 13.2. The summed E-state index contributed by atoms with van der Waals surface area (Å²) >= 11 is 0. The highest BCUT2D eigenvalue weighted by molar-refractivity contribution is 5.77. The van der Waals surface area contributed by atoms with Crippen molar-refractivity contribution in [2.75, 3.05) is 0 Å². The molecule has 0 saturated heterocycles. The Morgan fingerprint density at radius 1 is 1.07 bits per heavy atom. The topological polar surface area (TPSA) is 48.4 Å². The van der Waals surface area contributed by atoms with Gasteiger partial charge in [0.25, 0.3) is 0 Å². The van der Waals surface area contributed by atoms with Gasteiger partial charge in [-0.05, 0) is 48.2 Å². The van der Waals surface area contributed by atoms with Gasteiger partial charge in [0.2, 0.25) is 0 Å². The summed E-state index contributed by atoms with van der Waals surface area (Å²) in [6.45, 7) is 0.141. The molecule has 1 aliphatic rings. The second-order valence-corrected chi connectivity index (χ2v) is 6.51. The molecular weight excluding hydrogens is 345 g/mol. The van der Waals surface area contributed by atoms with Crippen LogP contribution >= 0.6 is 0 Å². The van der Waals surface area contributed by atoms with E-state index >= 15 is 0 Å². The van der Waals surface area contributed by atoms with Crippen LogP contribution in [-0.2, 0) is 16.1 Å². The monoisotopic (exact) mass is 363 g/mol. The summed E-state index contributed by atoms with van der Waals surface area (Å²) in [5, 5.41) is 0. The van der Waals surface area contributed by atoms with Crippen molar-refractivity contribution in [3.63, 3.8) is 0 Å². The molecule has 0 radical (unpaired) electrons. The molecule has 0 aliphatic heterocycles. The first-order valence-electron chi connectivity index (χ1n) is 8.78. The first kappa shape index (κ1) is 17.2. The lowest BCUT2D eigenvalue weighted by Gasteiger charge is -2.11. The van der Waals surface area contributed by atoms with E-state index in [2.05, 4.69) is 4.98 Å². The maximum Gasteiger partial charge on any atom is 0.309 e. The molecule has 2 aromatic carbocycles. The van der Waals surface area contributed by atoms with Crippen molar-refractivity contribution >= 4 is 5.97 Å². The predicted molar refractivity (Wildman–Crippen MR) is 97.8 cm³/mol. The third-order valence-corrected chi connectivity index (χ3v) is 4.60. The van der Waals surface area contributed by atoms with Gasteiger partial charge in [-0.1, -0.05) is 30.3 Å². The minimum Gasteiger partial charge on any atom is -0.460 e. The fraction of sp³-hybridized carbons (Fsp3) is 0.182. The van der Waals surface area contributed by atoms with Crippen LogP contribution < -0.4 is 4.74 Å². The molecule has 1 heterocycles. The van der Waals surface area contributed by atoms with E-state index in [-0.39, 0.29) is 30.2 Å². The van der Waals surface area contributed by atoms with E-state index in [0.29, 0.717) is 11.5 Å². The summed E-state index contributed by atoms with van der Waals surface area (Å²) < 4.78 is 24.3. The van der Waals surface area contributed by atoms with E-state index < -0.39 is 0 Å². The first-order valence-corrected chi connectivity index (χ1v) is 8.78. The van der Waals surface area contributed by atoms with Crippen molar-refractivity contribution in [2.24, 2.45) is 5.92 Å². The fourth-order valence-electron chi connectivity index (χ4n) is 3.05. The van der Waals surface area contributed by atoms with E-state index in [1.165, 1.54) is 12.1 Å². The Labute approximate surface area is 156 Å². The molecule has 5 heteroatoms. The van der Waals surface area contributed by atoms with Crippen molar-refractivity contribution in [3.8, 4) is 11.5 Å². The quantitative estimate of drug-likeness (QED) is 0.587. The number of para-hydroxylation sites is 1. The summed E-state index contributed by atoms with van der Waals surface area (Å²) in [6.07, 6.45) is 4.03. The van der Waals surface area contributed by atoms with E-state index in [1.54, 1.807) is 30.6 Å². The zero-order valence-corrected chi connectivity index (χ0v) is 14.5. The molecule has 3 aromatic rings. The van der Waals surface area contributed by atoms with Crippen LogP contribution in [0, 0.1) is 11.7 Å². The number of nitrogens with zero attached hydrogens (tertiary/aromatic N) is 1. The van der Waals surface area contributed by atoms with Crippen molar-refractivity contribution in [2.45, 2.75) is 18.9 Å². The molecule has 0 bridgehead atoms. The zero-order valence-electron chi connectivity index (χ0n) is 14.5. The highest BCUT2D eigenvalue weighted by Gasteiger charge is 2.45. The van der Waals surface area contributed by atoms with E-state index in [9.17, 15) is 9.18 Å². The van der Waals surface area contributed by atoms with Crippen molar-refractivity contribution in [1.29, 1.82) is 0 Å². The van der Waals surface area contributed by atoms with Gasteiger partial charge >= 0.3 is 5.97 Å². The summed E-state index contributed by atoms with van der Waals surface area (Å²) in [7, 11) is 0. The lowest BCUT2D eigenvalue weighted by atomic mass is 10.1. The van der Waals surface area contributed by atoms with Crippen LogP contribution in [0.3, 0.4) is 0 Å². The average molecular weight is 363 g/mol. The molecule has 1 saturated carbocycles. The van der Waals surface area contributed by atoms with Crippen molar-refractivity contribution < 1.29 is 18.7 Å². The maximum absolute atomic E-state index is 13.0. The van der Waals surface area contributed by atoms with Crippen molar-refractivity contribution in [1.82, 2.24) is 4.98 Å². The summed E-state index contributed by atoms with van der Waals surface area (Å²) in [6, 6.07) is 17.3. The molecule has 1 fully saturated rings. The third-order valence-electron chi connectivity index (χ3n) is 4.60. The van der Waals surface area contributed by atoms with Crippen LogP contribution in [0.2, 0.25) is 0 Å². The Balaban J connectivity index is 1.37. The second kappa shape index (κ2) is 7.58. The van der Waals surface area contributed by atoms with Crippen LogP contribution in [0.5, 0.6) is 11.5 Å². The number of ether oxygens (including phenoxy) is 2. The standard InChI is InChI=1S/C22H18FNO3/c23-17-9-7-15(8-10-17)19-12-20(19)22(25)26-14-16-4-1-2-6-21(16)27-18-5-3-11-24-13-18/h1-11,13,19-20H,12,14H2. The lowest BCUT2D eigenvalue weighted by molar-refractivity contribution is -0.146. The number of halogens is 1. The molecule has 0 spiro atoms. The van der Waals surface area contributed by atoms with E-state index in [4.69, 9.17) is 9.47 Å². The van der Waals surface area contributed by atoms with Gasteiger partial charge in [-0.3, -0.25) is 9.78 Å². The Morgan fingerprint density at radius 3 is 2.67 bits per heavy atom. The molecule has 136 valence electrons. The van der Waals surface area contributed by atoms with Gasteiger partial charge in [-0.2, -0.15) is 0 Å². The number of carbonyl (C=O) groups is 1. The molecule has 4 rings (SSSR count). The van der Waals surface area contributed by atoms with Crippen molar-refractivity contribution in [3.05, 3.63) is 90.0 Å². The third kappa shape index (κ3) is 4.14. The van der Waals surface area contributed by atoms with Crippen LogP contribution in [-0.4, -0.2) is 11.0 Å². The molecular formula is C22H18FNO3. The molecule has 1 aliphatic carbocycles. The number of hydrogen-bond donors (Lipinski definition) is 0. The smallest absolute Gasteiger partial charge is 0.309 e. The van der Waals surface area contributed by atoms with Gasteiger partial charge in [0, 0.05) is 11.8 Å². The number of carbonyl (C=O) groups excluding carboxylic acids is 1. The second-order valence-electron chi connectivity index (χ2n) is 6.51. The minimum atomic E-state index is -0.274. The molecule has 4 nitrogen and oxygen atoms in total. The van der Waals surface area contributed by atoms with Crippen LogP contribution in [0.4, 0.5) is 4.39 Å². The summed E-state index contributed by atoms with van der Waals surface area (Å²) in [5.41, 5.74) is 1.76. The zero-order chi connectivity index (χ0) is 18.6. The minimum absolute atomic E-state index is 0.111. The molecule has 0 amide bonds. The number of benzene rings is 2. The van der Waals surface area contributed by atoms with Gasteiger partial charge in [0.15, 0.2) is 0 Å². The van der Waals surface area contributed by atoms with Crippen LogP contribution in [0.1, 0.15) is 23.5 Å². The average Bonchev–Trinajstić information content (AvgIpc) is 3.49. The van der Waals surface area contributed by atoms with Gasteiger partial charge in [0.1, 0.15) is 23.9 Å². The Morgan fingerprint density at radius 2 is 1.89 bits per heavy atom. The van der Waals surface area contributed by atoms with Gasteiger partial charge in [-0.25, -0.2) is 4.39 Å². The van der Waals surface area contributed by atoms with Gasteiger partial charge in [-0.15, -0.1) is 0 Å². The van der Waals surface area contributed by atoms with Crippen LogP contribution in [0.25, 0.3) is 0 Å². The van der Waals surface area contributed by atoms with Gasteiger partial charge in [0.05, 0.1) is 12.1 Å². The number of esters is 1. The largest absolute Gasteiger partial charge is 0.460 e. The SMILES string of the molecule is O=C(OCc1ccccc1Oc1cccnc1)C1CC1c1ccc(F)cc1. The van der Waals surface area contributed by atoms with E-state index in [1.807, 2.05) is 30.3 Å². The molecule has 27 heavy (non-hydrogen) atoms. The molecule has 1 aromatic heterocycles. The highest BCUT2D eigenvalue weighted by atomic mass is 19.1. The fourth-order valence-corrected chi connectivity index (χ4v) is 3.05. The lowest BCUT2D eigenvalue weighted by Crippen LogP contribution is -2.08. The summed E-state index contributed by atoms with van der Waals surface area (Å²) in [5.74, 6) is 0.685. The summed E-state index contributed by atoms with van der Waals surface area (Å²) in [4.78, 5) is 16.4. The molecule has 0 N–H and O–H groups in total. The van der Waals surface area contributed by atoms with Gasteiger partial charge < -0.3 is 9.47 Å². The maximum atomic E-state index is 13.0. The van der Waals surface area contributed by atoms with Crippen LogP contribution in [0.15, 0.2) is 73.1 Å². The number of aromatic nitrogens is 1.